The molecule has 0 spiro atoms. The van der Waals surface area contributed by atoms with Gasteiger partial charge in [0.15, 0.2) is 0 Å². The number of carbonyl (C=O) groups is 1. The number of likely N-dealkylation sites (tertiary alicyclic amines) is 1. The zero-order valence-corrected chi connectivity index (χ0v) is 37.1. The molecule has 0 saturated carbocycles. The van der Waals surface area contributed by atoms with Crippen LogP contribution in [0.2, 0.25) is 10.0 Å². The highest BCUT2D eigenvalue weighted by molar-refractivity contribution is 6.31. The monoisotopic (exact) mass is 879 g/mol. The average Bonchev–Trinajstić information content (AvgIpc) is 3.99. The lowest BCUT2D eigenvalue weighted by Gasteiger charge is -2.36. The van der Waals surface area contributed by atoms with Crippen LogP contribution in [0.1, 0.15) is 108 Å². The molecule has 4 aliphatic rings. The highest BCUT2D eigenvalue weighted by Crippen LogP contribution is 2.47. The van der Waals surface area contributed by atoms with Crippen molar-refractivity contribution in [1.29, 1.82) is 0 Å². The lowest BCUT2D eigenvalue weighted by molar-refractivity contribution is 0.174. The van der Waals surface area contributed by atoms with E-state index >= 15 is 0 Å². The van der Waals surface area contributed by atoms with Gasteiger partial charge >= 0.3 is 6.03 Å². The summed E-state index contributed by atoms with van der Waals surface area (Å²) in [6.07, 6.45) is 28.1. The van der Waals surface area contributed by atoms with Crippen LogP contribution in [-0.2, 0) is 13.1 Å². The molecule has 2 atom stereocenters. The van der Waals surface area contributed by atoms with Gasteiger partial charge in [-0.1, -0.05) is 59.6 Å². The first kappa shape index (κ1) is 42.7. The molecule has 6 aromatic rings. The van der Waals surface area contributed by atoms with E-state index in [-0.39, 0.29) is 11.9 Å². The summed E-state index contributed by atoms with van der Waals surface area (Å²) >= 11 is 12.9. The lowest BCUT2D eigenvalue weighted by Crippen LogP contribution is -2.42. The van der Waals surface area contributed by atoms with Gasteiger partial charge in [0.25, 0.3) is 0 Å². The molecule has 0 bridgehead atoms. The second-order valence-electron chi connectivity index (χ2n) is 17.3. The Balaban J connectivity index is 0.000000161. The van der Waals surface area contributed by atoms with Crippen molar-refractivity contribution in [2.45, 2.75) is 76.3 Å². The molecule has 63 heavy (non-hydrogen) atoms. The Kier molecular flexibility index (Phi) is 13.5. The summed E-state index contributed by atoms with van der Waals surface area (Å²) < 4.78 is 4.26. The number of aromatic nitrogens is 6. The number of hydrogen-bond acceptors (Lipinski definition) is 6. The van der Waals surface area contributed by atoms with E-state index in [2.05, 4.69) is 79.0 Å². The number of hydrogen-bond donors (Lipinski definition) is 2. The maximum atomic E-state index is 11.7. The second-order valence-corrected chi connectivity index (χ2v) is 18.1. The van der Waals surface area contributed by atoms with Crippen molar-refractivity contribution in [2.75, 3.05) is 26.2 Å². The van der Waals surface area contributed by atoms with Crippen molar-refractivity contribution in [3.63, 3.8) is 0 Å². The molecule has 3 N–H and O–H groups in total. The molecule has 2 unspecified atom stereocenters. The highest BCUT2D eigenvalue weighted by atomic mass is 35.5. The van der Waals surface area contributed by atoms with E-state index in [1.165, 1.54) is 63.1 Å². The maximum Gasteiger partial charge on any atom is 0.314 e. The minimum Gasteiger partial charge on any atom is -0.351 e. The smallest absolute Gasteiger partial charge is 0.314 e. The van der Waals surface area contributed by atoms with E-state index in [0.29, 0.717) is 30.8 Å². The minimum atomic E-state index is -0.332. The number of piperidine rings is 2. The standard InChI is InChI=1S/C26H28ClN5O.C25H27ClN4/c27-21-5-6-22-20(16-21)15-19(3-2-11-31-14-10-29-17-31)23-4-1-9-30-25(23)24(22)18-7-12-32(13-8-18)26(28)33;26-21-5-6-22-20(16-21)15-19(3-2-13-30-14-12-28-17-30)23-4-1-9-29-25(23)24(22)18-7-10-27-11-8-18/h1,4-6,9-10,14-18,24H,2-3,7-8,11-13H2,(H2,28,33);1,4-6,9,12,14-18,24,27H,2-3,7-8,10-11,13H2. The summed E-state index contributed by atoms with van der Waals surface area (Å²) in [6.45, 7) is 5.42. The normalized spacial score (nSPS) is 18.6. The van der Waals surface area contributed by atoms with E-state index < -0.39 is 0 Å². The third-order valence-corrected chi connectivity index (χ3v) is 13.9. The van der Waals surface area contributed by atoms with Crippen LogP contribution in [0.15, 0.2) is 110 Å². The Hall–Kier alpha value is -5.55. The Labute approximate surface area is 380 Å². The number of nitrogens with two attached hydrogens (primary N) is 1. The molecule has 0 radical (unpaired) electrons. The number of benzene rings is 2. The van der Waals surface area contributed by atoms with E-state index in [1.54, 1.807) is 4.90 Å². The fourth-order valence-electron chi connectivity index (χ4n) is 10.3. The van der Waals surface area contributed by atoms with Crippen molar-refractivity contribution < 1.29 is 4.79 Å². The van der Waals surface area contributed by atoms with Gasteiger partial charge in [-0.25, -0.2) is 14.8 Å². The van der Waals surface area contributed by atoms with Crippen LogP contribution < -0.4 is 11.1 Å². The largest absolute Gasteiger partial charge is 0.351 e. The van der Waals surface area contributed by atoms with Crippen LogP contribution in [0.25, 0.3) is 23.3 Å². The molecule has 4 aromatic heterocycles. The first-order valence-corrected chi connectivity index (χ1v) is 23.2. The highest BCUT2D eigenvalue weighted by Gasteiger charge is 2.36. The van der Waals surface area contributed by atoms with Crippen LogP contribution >= 0.6 is 23.2 Å². The van der Waals surface area contributed by atoms with Crippen molar-refractivity contribution in [2.24, 2.45) is 17.6 Å². The maximum absolute atomic E-state index is 11.7. The Morgan fingerprint density at radius 2 is 1.16 bits per heavy atom. The van der Waals surface area contributed by atoms with Gasteiger partial charge in [-0.3, -0.25) is 9.97 Å². The molecular weight excluding hydrogens is 826 g/mol. The van der Waals surface area contributed by atoms with Gasteiger partial charge in [0.05, 0.1) is 24.0 Å². The molecular formula is C51H55Cl2N9O. The van der Waals surface area contributed by atoms with Crippen LogP contribution in [0.3, 0.4) is 0 Å². The molecule has 2 amide bonds. The molecule has 10 rings (SSSR count). The van der Waals surface area contributed by atoms with Crippen LogP contribution in [-0.4, -0.2) is 66.2 Å². The van der Waals surface area contributed by atoms with Gasteiger partial charge < -0.3 is 25.1 Å². The number of fused-ring (bicyclic) bond motifs is 4. The van der Waals surface area contributed by atoms with Crippen LogP contribution in [0.4, 0.5) is 4.79 Å². The van der Waals surface area contributed by atoms with E-state index in [9.17, 15) is 4.79 Å². The Morgan fingerprint density at radius 3 is 1.62 bits per heavy atom. The number of nitrogens with zero attached hydrogens (tertiary/aromatic N) is 7. The number of allylic oxidation sites excluding steroid dienone is 2. The lowest BCUT2D eigenvalue weighted by atomic mass is 9.76. The molecule has 12 heteroatoms. The van der Waals surface area contributed by atoms with Gasteiger partial charge in [-0.15, -0.1) is 0 Å². The summed E-state index contributed by atoms with van der Waals surface area (Å²) in [5.41, 5.74) is 18.1. The fourth-order valence-corrected chi connectivity index (χ4v) is 10.7. The molecule has 2 fully saturated rings. The van der Waals surface area contributed by atoms with Gasteiger partial charge in [0.1, 0.15) is 0 Å². The molecule has 6 heterocycles. The summed E-state index contributed by atoms with van der Waals surface area (Å²) in [6, 6.07) is 20.8. The zero-order valence-electron chi connectivity index (χ0n) is 35.6. The van der Waals surface area contributed by atoms with Crippen molar-refractivity contribution >= 4 is 52.5 Å². The SMILES string of the molecule is Clc1ccc2c(c1)C=C(CCCn1ccnc1)c1cccnc1C2C1CCNCC1.NC(=O)N1CCC(C2c3ccc(Cl)cc3C=C(CCCn3ccnc3)c3cccnc32)CC1. The number of primary amides is 1. The number of nitrogens with one attached hydrogen (secondary N) is 1. The first-order valence-electron chi connectivity index (χ1n) is 22.5. The van der Waals surface area contributed by atoms with E-state index in [1.807, 2.05) is 68.0 Å². The number of urea groups is 1. The summed E-state index contributed by atoms with van der Waals surface area (Å²) in [7, 11) is 0. The first-order chi connectivity index (χ1) is 30.9. The number of aryl methyl sites for hydroxylation is 2. The number of imidazole rings is 2. The van der Waals surface area contributed by atoms with Gasteiger partial charge in [-0.2, -0.15) is 0 Å². The van der Waals surface area contributed by atoms with Crippen LogP contribution in [0, 0.1) is 11.8 Å². The third-order valence-electron chi connectivity index (χ3n) is 13.4. The molecule has 2 aliphatic heterocycles. The predicted octanol–water partition coefficient (Wildman–Crippen LogP) is 10.6. The minimum absolute atomic E-state index is 0.158. The number of carbonyl (C=O) groups excluding carboxylic acids is 1. The average molecular weight is 881 g/mol. The molecule has 2 aromatic carbocycles. The van der Waals surface area contributed by atoms with Crippen LogP contribution in [0.5, 0.6) is 0 Å². The third kappa shape index (κ3) is 9.83. The van der Waals surface area contributed by atoms with Crippen molar-refractivity contribution in [3.8, 4) is 0 Å². The molecule has 10 nitrogen and oxygen atoms in total. The molecule has 2 aliphatic carbocycles. The summed E-state index contributed by atoms with van der Waals surface area (Å²) in [5, 5.41) is 5.05. The predicted molar refractivity (Wildman–Crippen MR) is 253 cm³/mol. The van der Waals surface area contributed by atoms with Crippen molar-refractivity contribution in [1.82, 2.24) is 39.3 Å². The fraction of sp³-hybridized carbons (Fsp3) is 0.353. The molecule has 2 saturated heterocycles. The number of rotatable bonds is 10. The Morgan fingerprint density at radius 1 is 0.667 bits per heavy atom. The number of amides is 2. The Bertz CT molecular complexity index is 2560. The summed E-state index contributed by atoms with van der Waals surface area (Å²) in [4.78, 5) is 31.6. The van der Waals surface area contributed by atoms with Gasteiger partial charge in [0.2, 0.25) is 0 Å². The second kappa shape index (κ2) is 19.9. The topological polar surface area (TPSA) is 120 Å². The zero-order chi connectivity index (χ0) is 43.1. The summed E-state index contributed by atoms with van der Waals surface area (Å²) in [5.74, 6) is 1.45. The number of halogens is 2. The molecule has 324 valence electrons. The van der Waals surface area contributed by atoms with E-state index in [0.717, 1.165) is 80.4 Å². The van der Waals surface area contributed by atoms with E-state index in [4.69, 9.17) is 38.9 Å². The number of pyridine rings is 2. The van der Waals surface area contributed by atoms with Gasteiger partial charge in [0, 0.05) is 85.2 Å². The van der Waals surface area contributed by atoms with Crippen molar-refractivity contribution in [3.05, 3.63) is 165 Å². The quantitative estimate of drug-likeness (QED) is 0.141. The van der Waals surface area contributed by atoms with Gasteiger partial charge in [-0.05, 0) is 157 Å².